The lowest BCUT2D eigenvalue weighted by molar-refractivity contribution is -0.126. The van der Waals surface area contributed by atoms with Crippen molar-refractivity contribution in [1.82, 2.24) is 4.72 Å². The van der Waals surface area contributed by atoms with Crippen LogP contribution in [-0.4, -0.2) is 47.1 Å². The van der Waals surface area contributed by atoms with Gasteiger partial charge in [0, 0.05) is 12.2 Å². The number of nitrogens with one attached hydrogen (secondary N) is 1. The normalized spacial score (nSPS) is 14.2. The number of methoxy groups -OCH3 is 1. The fourth-order valence-electron chi connectivity index (χ4n) is 3.19. The Morgan fingerprint density at radius 3 is 2.59 bits per heavy atom. The Balaban J connectivity index is 1.78. The van der Waals surface area contributed by atoms with Crippen molar-refractivity contribution in [1.29, 1.82) is 0 Å². The smallest absolute Gasteiger partial charge is 0.338 e. The lowest BCUT2D eigenvalue weighted by Crippen LogP contribution is -2.39. The van der Waals surface area contributed by atoms with Crippen molar-refractivity contribution in [3.8, 4) is 5.75 Å². The number of esters is 1. The van der Waals surface area contributed by atoms with Crippen LogP contribution in [0.1, 0.15) is 22.8 Å². The first-order valence-electron chi connectivity index (χ1n) is 9.00. The third-order valence-corrected chi connectivity index (χ3v) is 6.18. The standard InChI is InChI=1S/C20H22N2O6S/c1-13(19(23)22-11-10-14-6-4-5-7-16(14)22)28-20(24)15-8-9-17(27-3)18(12-15)29(25,26)21-2/h4-9,12-13,21H,10-11H2,1-3H3/t13-/m0/s1. The van der Waals surface area contributed by atoms with Gasteiger partial charge in [0.25, 0.3) is 5.91 Å². The highest BCUT2D eigenvalue weighted by Gasteiger charge is 2.30. The van der Waals surface area contributed by atoms with Crippen molar-refractivity contribution < 1.29 is 27.5 Å². The Hall–Kier alpha value is -2.91. The summed E-state index contributed by atoms with van der Waals surface area (Å²) in [6, 6.07) is 11.5. The van der Waals surface area contributed by atoms with Crippen LogP contribution in [-0.2, 0) is 26.0 Å². The average Bonchev–Trinajstić information content (AvgIpc) is 3.16. The van der Waals surface area contributed by atoms with Gasteiger partial charge in [-0.15, -0.1) is 0 Å². The van der Waals surface area contributed by atoms with Gasteiger partial charge in [-0.2, -0.15) is 0 Å². The quantitative estimate of drug-likeness (QED) is 0.717. The molecular weight excluding hydrogens is 396 g/mol. The molecule has 0 spiro atoms. The van der Waals surface area contributed by atoms with Gasteiger partial charge < -0.3 is 14.4 Å². The van der Waals surface area contributed by atoms with E-state index in [0.717, 1.165) is 23.7 Å². The van der Waals surface area contributed by atoms with Gasteiger partial charge in [0.1, 0.15) is 10.6 Å². The fourth-order valence-corrected chi connectivity index (χ4v) is 4.11. The lowest BCUT2D eigenvalue weighted by Gasteiger charge is -2.22. The van der Waals surface area contributed by atoms with E-state index in [1.54, 1.807) is 4.90 Å². The highest BCUT2D eigenvalue weighted by molar-refractivity contribution is 7.89. The predicted octanol–water partition coefficient (Wildman–Crippen LogP) is 1.74. The third kappa shape index (κ3) is 4.10. The largest absolute Gasteiger partial charge is 0.495 e. The molecule has 1 N–H and O–H groups in total. The van der Waals surface area contributed by atoms with Crippen LogP contribution < -0.4 is 14.4 Å². The Labute approximate surface area is 169 Å². The molecule has 8 nitrogen and oxygen atoms in total. The van der Waals surface area contributed by atoms with Crippen LogP contribution in [0.4, 0.5) is 5.69 Å². The number of hydrogen-bond acceptors (Lipinski definition) is 6. The van der Waals surface area contributed by atoms with Gasteiger partial charge in [0.05, 0.1) is 12.7 Å². The summed E-state index contributed by atoms with van der Waals surface area (Å²) in [6.45, 7) is 2.02. The number of rotatable bonds is 6. The predicted molar refractivity (Wildman–Crippen MR) is 107 cm³/mol. The minimum atomic E-state index is -3.85. The Morgan fingerprint density at radius 1 is 1.17 bits per heavy atom. The molecule has 0 aromatic heterocycles. The van der Waals surface area contributed by atoms with Crippen LogP contribution in [0.2, 0.25) is 0 Å². The molecule has 0 aliphatic carbocycles. The molecule has 1 heterocycles. The zero-order chi connectivity index (χ0) is 21.2. The molecule has 0 radical (unpaired) electrons. The number of hydrogen-bond donors (Lipinski definition) is 1. The van der Waals surface area contributed by atoms with Crippen molar-refractivity contribution in [2.24, 2.45) is 0 Å². The molecule has 0 bridgehead atoms. The Morgan fingerprint density at radius 2 is 1.90 bits per heavy atom. The highest BCUT2D eigenvalue weighted by Crippen LogP contribution is 2.29. The second kappa shape index (κ2) is 8.22. The van der Waals surface area contributed by atoms with Gasteiger partial charge in [0.15, 0.2) is 6.10 Å². The van der Waals surface area contributed by atoms with Gasteiger partial charge in [-0.05, 0) is 50.2 Å². The van der Waals surface area contributed by atoms with Crippen molar-refractivity contribution in [2.75, 3.05) is 25.6 Å². The molecule has 1 aliphatic rings. The van der Waals surface area contributed by atoms with Crippen molar-refractivity contribution >= 4 is 27.6 Å². The molecule has 1 atom stereocenters. The SMILES string of the molecule is CNS(=O)(=O)c1cc(C(=O)O[C@@H](C)C(=O)N2CCc3ccccc32)ccc1OC. The van der Waals surface area contributed by atoms with Crippen LogP contribution in [0.15, 0.2) is 47.4 Å². The summed E-state index contributed by atoms with van der Waals surface area (Å²) in [5.74, 6) is -1.04. The van der Waals surface area contributed by atoms with Crippen LogP contribution in [0.25, 0.3) is 0 Å². The average molecular weight is 418 g/mol. The number of ether oxygens (including phenoxy) is 2. The van der Waals surface area contributed by atoms with E-state index in [2.05, 4.69) is 4.72 Å². The van der Waals surface area contributed by atoms with Crippen LogP contribution >= 0.6 is 0 Å². The molecule has 0 saturated heterocycles. The minimum Gasteiger partial charge on any atom is -0.495 e. The number of sulfonamides is 1. The zero-order valence-corrected chi connectivity index (χ0v) is 17.2. The summed E-state index contributed by atoms with van der Waals surface area (Å²) in [4.78, 5) is 26.7. The van der Waals surface area contributed by atoms with Gasteiger partial charge in [0.2, 0.25) is 10.0 Å². The lowest BCUT2D eigenvalue weighted by atomic mass is 10.2. The van der Waals surface area contributed by atoms with E-state index in [-0.39, 0.29) is 22.1 Å². The number of amides is 1. The number of anilines is 1. The molecule has 0 saturated carbocycles. The van der Waals surface area contributed by atoms with Crippen LogP contribution in [0, 0.1) is 0 Å². The highest BCUT2D eigenvalue weighted by atomic mass is 32.2. The molecule has 154 valence electrons. The van der Waals surface area contributed by atoms with E-state index in [1.165, 1.54) is 33.2 Å². The summed E-state index contributed by atoms with van der Waals surface area (Å²) in [5, 5.41) is 0. The zero-order valence-electron chi connectivity index (χ0n) is 16.3. The number of carbonyl (C=O) groups excluding carboxylic acids is 2. The summed E-state index contributed by atoms with van der Waals surface area (Å²) in [6.07, 6.45) is -0.285. The second-order valence-corrected chi connectivity index (χ2v) is 8.34. The first kappa shape index (κ1) is 20.8. The third-order valence-electron chi connectivity index (χ3n) is 4.74. The molecule has 1 aliphatic heterocycles. The summed E-state index contributed by atoms with van der Waals surface area (Å²) >= 11 is 0. The summed E-state index contributed by atoms with van der Waals surface area (Å²) in [7, 11) is -1.26. The number of nitrogens with zero attached hydrogens (tertiary/aromatic N) is 1. The van der Waals surface area contributed by atoms with E-state index in [9.17, 15) is 18.0 Å². The Kier molecular flexibility index (Phi) is 5.90. The molecule has 2 aromatic carbocycles. The summed E-state index contributed by atoms with van der Waals surface area (Å²) in [5.41, 5.74) is 1.88. The molecular formula is C20H22N2O6S. The van der Waals surface area contributed by atoms with Gasteiger partial charge in [-0.1, -0.05) is 18.2 Å². The first-order valence-corrected chi connectivity index (χ1v) is 10.5. The van der Waals surface area contributed by atoms with Crippen molar-refractivity contribution in [3.05, 3.63) is 53.6 Å². The van der Waals surface area contributed by atoms with Crippen molar-refractivity contribution in [2.45, 2.75) is 24.3 Å². The van der Waals surface area contributed by atoms with Crippen LogP contribution in [0.5, 0.6) is 5.75 Å². The van der Waals surface area contributed by atoms with E-state index in [0.29, 0.717) is 6.54 Å². The van der Waals surface area contributed by atoms with E-state index >= 15 is 0 Å². The van der Waals surface area contributed by atoms with Gasteiger partial charge >= 0.3 is 5.97 Å². The molecule has 3 rings (SSSR count). The van der Waals surface area contributed by atoms with E-state index in [4.69, 9.17) is 9.47 Å². The van der Waals surface area contributed by atoms with Gasteiger partial charge in [-0.3, -0.25) is 4.79 Å². The molecule has 1 amide bonds. The molecule has 29 heavy (non-hydrogen) atoms. The second-order valence-electron chi connectivity index (χ2n) is 6.49. The maximum absolute atomic E-state index is 12.8. The van der Waals surface area contributed by atoms with E-state index < -0.39 is 22.1 Å². The summed E-state index contributed by atoms with van der Waals surface area (Å²) < 4.78 is 36.9. The van der Waals surface area contributed by atoms with Crippen molar-refractivity contribution in [3.63, 3.8) is 0 Å². The number of para-hydroxylation sites is 1. The topological polar surface area (TPSA) is 102 Å². The number of carbonyl (C=O) groups is 2. The van der Waals surface area contributed by atoms with Gasteiger partial charge in [-0.25, -0.2) is 17.9 Å². The maximum Gasteiger partial charge on any atom is 0.338 e. The molecule has 2 aromatic rings. The molecule has 0 unspecified atom stereocenters. The minimum absolute atomic E-state index is 0.00102. The fraction of sp³-hybridized carbons (Fsp3) is 0.300. The molecule has 9 heteroatoms. The molecule has 0 fully saturated rings. The first-order chi connectivity index (χ1) is 13.8. The number of fused-ring (bicyclic) bond motifs is 1. The number of benzene rings is 2. The Bertz CT molecular complexity index is 1050. The monoisotopic (exact) mass is 418 g/mol. The van der Waals surface area contributed by atoms with E-state index in [1.807, 2.05) is 24.3 Å². The maximum atomic E-state index is 12.8. The van der Waals surface area contributed by atoms with Crippen LogP contribution in [0.3, 0.4) is 0 Å².